The minimum absolute atomic E-state index is 0.0478. The van der Waals surface area contributed by atoms with Crippen LogP contribution in [-0.4, -0.2) is 50.3 Å². The van der Waals surface area contributed by atoms with Crippen LogP contribution in [0.1, 0.15) is 35.7 Å². The summed E-state index contributed by atoms with van der Waals surface area (Å²) in [7, 11) is 4.78. The molecule has 0 amide bonds. The van der Waals surface area contributed by atoms with Gasteiger partial charge in [0, 0.05) is 35.6 Å². The van der Waals surface area contributed by atoms with Crippen LogP contribution < -0.4 is 4.74 Å². The number of carbonyl (C=O) groups excluding carboxylic acids is 1. The predicted molar refractivity (Wildman–Crippen MR) is 136 cm³/mol. The van der Waals surface area contributed by atoms with E-state index < -0.39 is 0 Å². The van der Waals surface area contributed by atoms with Gasteiger partial charge in [0.2, 0.25) is 0 Å². The molecule has 6 nitrogen and oxygen atoms in total. The lowest BCUT2D eigenvalue weighted by molar-refractivity contribution is -0.137. The quantitative estimate of drug-likeness (QED) is 0.295. The number of nitrogens with one attached hydrogen (secondary N) is 1. The van der Waals surface area contributed by atoms with Crippen LogP contribution in [-0.2, 0) is 27.1 Å². The zero-order valence-electron chi connectivity index (χ0n) is 20.8. The van der Waals surface area contributed by atoms with Crippen LogP contribution in [0.4, 0.5) is 0 Å². The van der Waals surface area contributed by atoms with E-state index in [0.29, 0.717) is 11.5 Å². The first-order valence-electron chi connectivity index (χ1n) is 12.4. The molecule has 3 heterocycles. The minimum atomic E-state index is -0.302. The number of fused-ring (bicyclic) bond motifs is 5. The first kappa shape index (κ1) is 23.5. The van der Waals surface area contributed by atoms with Crippen LogP contribution in [0.5, 0.6) is 5.75 Å². The Morgan fingerprint density at radius 3 is 2.69 bits per heavy atom. The molecular weight excluding hydrogens is 440 g/mol. The van der Waals surface area contributed by atoms with Crippen LogP contribution in [0.15, 0.2) is 60.4 Å². The second kappa shape index (κ2) is 10.2. The minimum Gasteiger partial charge on any atom is -0.504 e. The smallest absolute Gasteiger partial charge is 0.337 e. The van der Waals surface area contributed by atoms with Gasteiger partial charge in [0.05, 0.1) is 39.2 Å². The Morgan fingerprint density at radius 2 is 1.94 bits per heavy atom. The van der Waals surface area contributed by atoms with Gasteiger partial charge in [-0.25, -0.2) is 4.79 Å². The first-order valence-corrected chi connectivity index (χ1v) is 12.4. The molecule has 0 spiro atoms. The number of piperidine rings is 1. The third-order valence-corrected chi connectivity index (χ3v) is 7.79. The van der Waals surface area contributed by atoms with Crippen molar-refractivity contribution >= 4 is 16.9 Å². The molecule has 1 fully saturated rings. The fraction of sp³-hybridized carbons (Fsp3) is 0.414. The van der Waals surface area contributed by atoms with Crippen LogP contribution in [0.2, 0.25) is 0 Å². The third-order valence-electron chi connectivity index (χ3n) is 7.79. The van der Waals surface area contributed by atoms with E-state index in [4.69, 9.17) is 14.2 Å². The Hall–Kier alpha value is -3.25. The highest BCUT2D eigenvalue weighted by Gasteiger charge is 2.43. The van der Waals surface area contributed by atoms with Crippen LogP contribution in [0.3, 0.4) is 0 Å². The van der Waals surface area contributed by atoms with Gasteiger partial charge in [0.1, 0.15) is 5.75 Å². The van der Waals surface area contributed by atoms with Gasteiger partial charge in [0.15, 0.2) is 0 Å². The van der Waals surface area contributed by atoms with Gasteiger partial charge in [0.25, 0.3) is 0 Å². The molecule has 1 aromatic heterocycles. The molecule has 1 saturated heterocycles. The zero-order chi connectivity index (χ0) is 24.4. The maximum Gasteiger partial charge on any atom is 0.337 e. The van der Waals surface area contributed by atoms with Crippen molar-refractivity contribution in [1.82, 2.24) is 9.88 Å². The molecular formula is C29H34N2O4. The van der Waals surface area contributed by atoms with Gasteiger partial charge < -0.3 is 19.2 Å². The maximum atomic E-state index is 12.8. The number of benzene rings is 2. The summed E-state index contributed by atoms with van der Waals surface area (Å²) in [5.41, 5.74) is 5.67. The van der Waals surface area contributed by atoms with E-state index in [1.807, 2.05) is 12.1 Å². The van der Waals surface area contributed by atoms with Gasteiger partial charge in [-0.2, -0.15) is 0 Å². The van der Waals surface area contributed by atoms with E-state index in [-0.39, 0.29) is 17.9 Å². The van der Waals surface area contributed by atoms with Crippen LogP contribution in [0, 0.1) is 11.8 Å². The van der Waals surface area contributed by atoms with Gasteiger partial charge in [-0.05, 0) is 54.9 Å². The lowest BCUT2D eigenvalue weighted by Gasteiger charge is -2.46. The number of rotatable bonds is 7. The van der Waals surface area contributed by atoms with Crippen molar-refractivity contribution in [3.8, 4) is 5.75 Å². The number of aromatic amines is 1. The highest BCUT2D eigenvalue weighted by molar-refractivity contribution is 5.91. The molecule has 5 rings (SSSR count). The second-order valence-corrected chi connectivity index (χ2v) is 9.59. The van der Waals surface area contributed by atoms with E-state index in [1.165, 1.54) is 29.3 Å². The molecule has 0 aliphatic carbocycles. The SMILES string of the molecule is CO/C=C(/C(=O)OC)[C@H]1CC2c3[nH]c4cccc(OC)c4c3CCN2C[C@H]1CCc1ccccc1. The Labute approximate surface area is 206 Å². The lowest BCUT2D eigenvalue weighted by Crippen LogP contribution is -2.47. The molecule has 2 aromatic carbocycles. The standard InChI is InChI=1S/C29H34N2O4/c1-33-18-23(29(32)35-3)22-16-25-28-21(27-24(30-28)10-7-11-26(27)34-2)14-15-31(25)17-20(22)13-12-19-8-5-4-6-9-19/h4-11,18,20,22,25,30H,12-17H2,1-3H3/b23-18+/t20-,22+,25?/m1/s1. The average molecular weight is 475 g/mol. The summed E-state index contributed by atoms with van der Waals surface area (Å²) in [5, 5.41) is 1.19. The largest absolute Gasteiger partial charge is 0.504 e. The van der Waals surface area contributed by atoms with Crippen molar-refractivity contribution in [2.45, 2.75) is 31.7 Å². The number of carbonyl (C=O) groups is 1. The fourth-order valence-corrected chi connectivity index (χ4v) is 6.16. The summed E-state index contributed by atoms with van der Waals surface area (Å²) in [6.07, 6.45) is 5.41. The number of nitrogens with zero attached hydrogens (tertiary/aromatic N) is 1. The predicted octanol–water partition coefficient (Wildman–Crippen LogP) is 5.05. The van der Waals surface area contributed by atoms with Gasteiger partial charge in [-0.1, -0.05) is 36.4 Å². The van der Waals surface area contributed by atoms with E-state index in [9.17, 15) is 4.79 Å². The molecule has 1 unspecified atom stereocenters. The molecule has 35 heavy (non-hydrogen) atoms. The van der Waals surface area contributed by atoms with Crippen LogP contribution in [0.25, 0.3) is 10.9 Å². The van der Waals surface area contributed by atoms with Crippen molar-refractivity contribution in [1.29, 1.82) is 0 Å². The van der Waals surface area contributed by atoms with Gasteiger partial charge in [-0.15, -0.1) is 0 Å². The number of ether oxygens (including phenoxy) is 3. The normalized spacial score (nSPS) is 22.4. The Morgan fingerprint density at radius 1 is 1.11 bits per heavy atom. The van der Waals surface area contributed by atoms with E-state index in [1.54, 1.807) is 20.5 Å². The van der Waals surface area contributed by atoms with E-state index >= 15 is 0 Å². The summed E-state index contributed by atoms with van der Waals surface area (Å²) in [6.45, 7) is 1.94. The van der Waals surface area contributed by atoms with Gasteiger partial charge >= 0.3 is 5.97 Å². The summed E-state index contributed by atoms with van der Waals surface area (Å²) in [5.74, 6) is 0.986. The second-order valence-electron chi connectivity index (χ2n) is 9.59. The van der Waals surface area contributed by atoms with E-state index in [2.05, 4.69) is 46.3 Å². The molecule has 184 valence electrons. The zero-order valence-corrected chi connectivity index (χ0v) is 20.8. The highest BCUT2D eigenvalue weighted by atomic mass is 16.5. The Kier molecular flexibility index (Phi) is 6.82. The number of hydrogen-bond donors (Lipinski definition) is 1. The summed E-state index contributed by atoms with van der Waals surface area (Å²) in [6, 6.07) is 17.0. The van der Waals surface area contributed by atoms with Crippen molar-refractivity contribution in [3.05, 3.63) is 77.2 Å². The number of H-pyrrole nitrogens is 1. The molecule has 6 heteroatoms. The molecule has 3 atom stereocenters. The van der Waals surface area contributed by atoms with Gasteiger partial charge in [-0.3, -0.25) is 4.90 Å². The monoisotopic (exact) mass is 474 g/mol. The molecule has 3 aromatic rings. The molecule has 1 N–H and O–H groups in total. The highest BCUT2D eigenvalue weighted by Crippen LogP contribution is 2.47. The summed E-state index contributed by atoms with van der Waals surface area (Å²) < 4.78 is 16.3. The van der Waals surface area contributed by atoms with Crippen molar-refractivity contribution < 1.29 is 19.0 Å². The number of aromatic nitrogens is 1. The van der Waals surface area contributed by atoms with Crippen molar-refractivity contribution in [3.63, 3.8) is 0 Å². The fourth-order valence-electron chi connectivity index (χ4n) is 6.16. The molecule has 0 saturated carbocycles. The number of methoxy groups -OCH3 is 3. The number of esters is 1. The summed E-state index contributed by atoms with van der Waals surface area (Å²) in [4.78, 5) is 19.1. The molecule has 2 aliphatic heterocycles. The molecule has 2 aliphatic rings. The van der Waals surface area contributed by atoms with Crippen molar-refractivity contribution in [2.75, 3.05) is 34.4 Å². The van der Waals surface area contributed by atoms with E-state index in [0.717, 1.165) is 50.0 Å². The topological polar surface area (TPSA) is 63.8 Å². The van der Waals surface area contributed by atoms with Crippen molar-refractivity contribution in [2.24, 2.45) is 11.8 Å². The molecule has 0 bridgehead atoms. The molecule has 0 radical (unpaired) electrons. The maximum absolute atomic E-state index is 12.8. The lowest BCUT2D eigenvalue weighted by atomic mass is 9.73. The average Bonchev–Trinajstić information content (AvgIpc) is 3.29. The number of hydrogen-bond acceptors (Lipinski definition) is 5. The Balaban J connectivity index is 1.50. The number of aryl methyl sites for hydroxylation is 1. The third kappa shape index (κ3) is 4.43. The Bertz CT molecular complexity index is 1220. The van der Waals surface area contributed by atoms with Crippen LogP contribution >= 0.6 is 0 Å². The first-order chi connectivity index (χ1) is 17.1. The summed E-state index contributed by atoms with van der Waals surface area (Å²) >= 11 is 0.